The Balaban J connectivity index is 2.65. The fraction of sp³-hybridized carbons (Fsp3) is 0.562. The van der Waals surface area contributed by atoms with Gasteiger partial charge in [0.1, 0.15) is 5.69 Å². The Labute approximate surface area is 124 Å². The molecule has 1 amide bonds. The molecule has 1 aliphatic heterocycles. The first-order valence-corrected chi connectivity index (χ1v) is 7.56. The molecule has 21 heavy (non-hydrogen) atoms. The van der Waals surface area contributed by atoms with Crippen LogP contribution in [-0.4, -0.2) is 19.0 Å². The predicted molar refractivity (Wildman–Crippen MR) is 80.9 cm³/mol. The van der Waals surface area contributed by atoms with Gasteiger partial charge >= 0.3 is 0 Å². The first-order chi connectivity index (χ1) is 10.0. The highest BCUT2D eigenvalue weighted by Crippen LogP contribution is 2.37. The highest BCUT2D eigenvalue weighted by Gasteiger charge is 2.28. The Hall–Kier alpha value is -1.65. The number of benzene rings is 1. The van der Waals surface area contributed by atoms with Gasteiger partial charge in [0.2, 0.25) is 5.91 Å². The summed E-state index contributed by atoms with van der Waals surface area (Å²) in [4.78, 5) is 13.1. The van der Waals surface area contributed by atoms with E-state index < -0.39 is 11.6 Å². The van der Waals surface area contributed by atoms with E-state index in [0.29, 0.717) is 42.7 Å². The van der Waals surface area contributed by atoms with Crippen LogP contribution in [0, 0.1) is 11.6 Å². The van der Waals surface area contributed by atoms with Crippen LogP contribution in [0.25, 0.3) is 0 Å². The molecule has 0 aromatic heterocycles. The summed E-state index contributed by atoms with van der Waals surface area (Å²) in [6, 6.07) is 0. The van der Waals surface area contributed by atoms with E-state index in [1.165, 1.54) is 6.92 Å². The van der Waals surface area contributed by atoms with Gasteiger partial charge in [0.05, 0.1) is 5.69 Å². The summed E-state index contributed by atoms with van der Waals surface area (Å²) < 4.78 is 29.6. The average molecular weight is 296 g/mol. The van der Waals surface area contributed by atoms with Crippen LogP contribution >= 0.6 is 0 Å². The van der Waals surface area contributed by atoms with Crippen LogP contribution in [0.5, 0.6) is 0 Å². The molecule has 3 nitrogen and oxygen atoms in total. The first kappa shape index (κ1) is 15.7. The number of halogens is 2. The van der Waals surface area contributed by atoms with Crippen molar-refractivity contribution in [3.8, 4) is 0 Å². The van der Waals surface area contributed by atoms with Crippen LogP contribution < -0.4 is 10.2 Å². The lowest BCUT2D eigenvalue weighted by atomic mass is 9.99. The number of amides is 1. The lowest BCUT2D eigenvalue weighted by Gasteiger charge is -2.25. The Bertz CT molecular complexity index is 521. The molecule has 5 heteroatoms. The Morgan fingerprint density at radius 3 is 1.95 bits per heavy atom. The SMILES string of the molecule is CCc1c(F)c(N2CCCC2)c(F)c(CC)c1NC(C)=O. The molecule has 0 aliphatic carbocycles. The molecule has 1 saturated heterocycles. The van der Waals surface area contributed by atoms with Crippen molar-refractivity contribution in [3.05, 3.63) is 22.8 Å². The van der Waals surface area contributed by atoms with E-state index in [1.54, 1.807) is 4.90 Å². The van der Waals surface area contributed by atoms with Crippen molar-refractivity contribution in [2.75, 3.05) is 23.3 Å². The van der Waals surface area contributed by atoms with Crippen LogP contribution in [0.2, 0.25) is 0 Å². The minimum Gasteiger partial charge on any atom is -0.367 e. The van der Waals surface area contributed by atoms with E-state index in [2.05, 4.69) is 5.32 Å². The Kier molecular flexibility index (Phi) is 4.80. The van der Waals surface area contributed by atoms with E-state index in [0.717, 1.165) is 12.8 Å². The summed E-state index contributed by atoms with van der Waals surface area (Å²) in [5.41, 5.74) is 1.18. The summed E-state index contributed by atoms with van der Waals surface area (Å²) in [5.74, 6) is -1.37. The molecule has 0 radical (unpaired) electrons. The molecule has 0 atom stereocenters. The molecule has 0 spiro atoms. The molecule has 1 aromatic rings. The Morgan fingerprint density at radius 2 is 1.57 bits per heavy atom. The molecule has 1 heterocycles. The fourth-order valence-electron chi connectivity index (χ4n) is 2.99. The van der Waals surface area contributed by atoms with Gasteiger partial charge in [-0.25, -0.2) is 8.78 Å². The summed E-state index contributed by atoms with van der Waals surface area (Å²) in [7, 11) is 0. The highest BCUT2D eigenvalue weighted by atomic mass is 19.1. The summed E-state index contributed by atoms with van der Waals surface area (Å²) in [5, 5.41) is 2.61. The summed E-state index contributed by atoms with van der Waals surface area (Å²) >= 11 is 0. The second-order valence-electron chi connectivity index (χ2n) is 5.39. The molecule has 2 rings (SSSR count). The second-order valence-corrected chi connectivity index (χ2v) is 5.39. The zero-order chi connectivity index (χ0) is 15.6. The van der Waals surface area contributed by atoms with Crippen molar-refractivity contribution in [1.29, 1.82) is 0 Å². The molecular formula is C16H22F2N2O. The van der Waals surface area contributed by atoms with E-state index >= 15 is 0 Å². The molecule has 1 N–H and O–H groups in total. The molecule has 116 valence electrons. The molecule has 1 aliphatic rings. The van der Waals surface area contributed by atoms with Crippen molar-refractivity contribution in [3.63, 3.8) is 0 Å². The monoisotopic (exact) mass is 296 g/mol. The number of carbonyl (C=O) groups excluding carboxylic acids is 1. The van der Waals surface area contributed by atoms with Gasteiger partial charge in [-0.3, -0.25) is 4.79 Å². The topological polar surface area (TPSA) is 32.3 Å². The van der Waals surface area contributed by atoms with Gasteiger partial charge in [-0.05, 0) is 25.7 Å². The number of carbonyl (C=O) groups is 1. The number of nitrogens with one attached hydrogen (secondary N) is 1. The van der Waals surface area contributed by atoms with Crippen molar-refractivity contribution in [2.24, 2.45) is 0 Å². The molecular weight excluding hydrogens is 274 g/mol. The third kappa shape index (κ3) is 2.87. The maximum absolute atomic E-state index is 14.8. The van der Waals surface area contributed by atoms with Crippen molar-refractivity contribution in [1.82, 2.24) is 0 Å². The average Bonchev–Trinajstić information content (AvgIpc) is 2.92. The zero-order valence-electron chi connectivity index (χ0n) is 12.9. The summed E-state index contributed by atoms with van der Waals surface area (Å²) in [6.07, 6.45) is 2.73. The van der Waals surface area contributed by atoms with Crippen LogP contribution in [0.1, 0.15) is 44.7 Å². The van der Waals surface area contributed by atoms with E-state index in [1.807, 2.05) is 13.8 Å². The maximum atomic E-state index is 14.8. The third-order valence-corrected chi connectivity index (χ3v) is 3.98. The lowest BCUT2D eigenvalue weighted by molar-refractivity contribution is -0.114. The third-order valence-electron chi connectivity index (χ3n) is 3.98. The van der Waals surface area contributed by atoms with Gasteiger partial charge in [0.15, 0.2) is 11.6 Å². The maximum Gasteiger partial charge on any atom is 0.221 e. The predicted octanol–water partition coefficient (Wildman–Crippen LogP) is 3.65. The normalized spacial score (nSPS) is 14.6. The number of rotatable bonds is 4. The van der Waals surface area contributed by atoms with Crippen LogP contribution in [0.15, 0.2) is 0 Å². The molecule has 0 unspecified atom stereocenters. The highest BCUT2D eigenvalue weighted by molar-refractivity contribution is 5.91. The minimum atomic E-state index is -0.530. The van der Waals surface area contributed by atoms with Gasteiger partial charge in [-0.1, -0.05) is 13.8 Å². The van der Waals surface area contributed by atoms with Gasteiger partial charge < -0.3 is 10.2 Å². The van der Waals surface area contributed by atoms with Crippen molar-refractivity contribution >= 4 is 17.3 Å². The minimum absolute atomic E-state index is 0.0790. The van der Waals surface area contributed by atoms with Gasteiger partial charge in [-0.2, -0.15) is 0 Å². The van der Waals surface area contributed by atoms with Crippen LogP contribution in [0.3, 0.4) is 0 Å². The number of nitrogens with zero attached hydrogens (tertiary/aromatic N) is 1. The molecule has 0 saturated carbocycles. The van der Waals surface area contributed by atoms with Gasteiger partial charge in [-0.15, -0.1) is 0 Å². The first-order valence-electron chi connectivity index (χ1n) is 7.56. The van der Waals surface area contributed by atoms with Gasteiger partial charge in [0, 0.05) is 31.1 Å². The van der Waals surface area contributed by atoms with E-state index in [4.69, 9.17) is 0 Å². The van der Waals surface area contributed by atoms with Crippen molar-refractivity contribution < 1.29 is 13.6 Å². The number of anilines is 2. The Morgan fingerprint density at radius 1 is 1.10 bits per heavy atom. The second kappa shape index (κ2) is 6.41. The zero-order valence-corrected chi connectivity index (χ0v) is 12.9. The summed E-state index contributed by atoms with van der Waals surface area (Å²) in [6.45, 7) is 6.34. The largest absolute Gasteiger partial charge is 0.367 e. The van der Waals surface area contributed by atoms with Crippen molar-refractivity contribution in [2.45, 2.75) is 46.5 Å². The quantitative estimate of drug-likeness (QED) is 0.920. The number of hydrogen-bond acceptors (Lipinski definition) is 2. The fourth-order valence-corrected chi connectivity index (χ4v) is 2.99. The molecule has 1 fully saturated rings. The van der Waals surface area contributed by atoms with Crippen LogP contribution in [0.4, 0.5) is 20.2 Å². The number of hydrogen-bond donors (Lipinski definition) is 1. The smallest absolute Gasteiger partial charge is 0.221 e. The van der Waals surface area contributed by atoms with Gasteiger partial charge in [0.25, 0.3) is 0 Å². The van der Waals surface area contributed by atoms with E-state index in [-0.39, 0.29) is 11.6 Å². The standard InChI is InChI=1S/C16H22F2N2O/c1-4-11-13(17)16(20-8-6-7-9-20)14(18)12(5-2)15(11)19-10(3)21/h4-9H2,1-3H3,(H,19,21). The molecule has 1 aromatic carbocycles. The van der Waals surface area contributed by atoms with Crippen LogP contribution in [-0.2, 0) is 17.6 Å². The lowest BCUT2D eigenvalue weighted by Crippen LogP contribution is -2.23. The van der Waals surface area contributed by atoms with E-state index in [9.17, 15) is 13.6 Å². The molecule has 0 bridgehead atoms.